The lowest BCUT2D eigenvalue weighted by Crippen LogP contribution is -2.19. The van der Waals surface area contributed by atoms with Crippen LogP contribution in [0.1, 0.15) is 15.9 Å². The first kappa shape index (κ1) is 23.0. The van der Waals surface area contributed by atoms with E-state index in [2.05, 4.69) is 0 Å². The Morgan fingerprint density at radius 2 is 1.41 bits per heavy atom. The molecule has 3 nitrogen and oxygen atoms in total. The molecule has 0 saturated heterocycles. The van der Waals surface area contributed by atoms with Crippen molar-refractivity contribution in [3.05, 3.63) is 88.7 Å². The zero-order valence-corrected chi connectivity index (χ0v) is 16.0. The topological polar surface area (TPSA) is 32.3 Å². The quantitative estimate of drug-likeness (QED) is 0.456. The maximum Gasteiger partial charge on any atom is 0.418 e. The monoisotopic (exact) mass is 460 g/mol. The van der Waals surface area contributed by atoms with E-state index in [1.807, 2.05) is 5.32 Å². The highest BCUT2D eigenvalue weighted by molar-refractivity contribution is 6.04. The van der Waals surface area contributed by atoms with Gasteiger partial charge in [0.2, 0.25) is 0 Å². The van der Waals surface area contributed by atoms with Crippen molar-refractivity contribution in [3.63, 3.8) is 0 Å². The van der Waals surface area contributed by atoms with Gasteiger partial charge in [-0.15, -0.1) is 0 Å². The minimum absolute atomic E-state index is 0.286. The number of carbonyl (C=O) groups is 1. The van der Waals surface area contributed by atoms with Crippen LogP contribution in [0.4, 0.5) is 52.2 Å². The smallest absolute Gasteiger partial charge is 0.342 e. The Morgan fingerprint density at radius 1 is 0.781 bits per heavy atom. The van der Waals surface area contributed by atoms with Crippen LogP contribution in [0.2, 0.25) is 0 Å². The summed E-state index contributed by atoms with van der Waals surface area (Å²) >= 11 is 0. The van der Waals surface area contributed by atoms with E-state index in [0.717, 1.165) is 24.1 Å². The van der Waals surface area contributed by atoms with Crippen LogP contribution in [-0.2, 0) is 6.18 Å². The number of hydrogen-bond donors (Lipinski definition) is 1. The van der Waals surface area contributed by atoms with Crippen molar-refractivity contribution < 1.29 is 39.9 Å². The van der Waals surface area contributed by atoms with E-state index < -0.39 is 63.7 Å². The van der Waals surface area contributed by atoms with Gasteiger partial charge in [0, 0.05) is 24.9 Å². The fraction of sp³-hybridized carbons (Fsp3) is 0.0952. The van der Waals surface area contributed by atoms with Crippen molar-refractivity contribution in [1.29, 1.82) is 0 Å². The van der Waals surface area contributed by atoms with Crippen LogP contribution in [0.5, 0.6) is 0 Å². The molecule has 0 radical (unpaired) electrons. The van der Waals surface area contributed by atoms with Gasteiger partial charge in [0.25, 0.3) is 5.91 Å². The fourth-order valence-corrected chi connectivity index (χ4v) is 2.96. The first-order chi connectivity index (χ1) is 14.9. The van der Waals surface area contributed by atoms with E-state index in [-0.39, 0.29) is 17.8 Å². The molecule has 3 rings (SSSR count). The molecule has 3 aromatic carbocycles. The largest absolute Gasteiger partial charge is 0.418 e. The molecule has 168 valence electrons. The van der Waals surface area contributed by atoms with Gasteiger partial charge in [-0.1, -0.05) is 0 Å². The Balaban J connectivity index is 1.91. The molecule has 0 aromatic heterocycles. The highest BCUT2D eigenvalue weighted by Crippen LogP contribution is 2.39. The zero-order valence-electron chi connectivity index (χ0n) is 16.0. The molecule has 0 unspecified atom stereocenters. The zero-order chi connectivity index (χ0) is 23.8. The molecule has 1 N–H and O–H groups in total. The lowest BCUT2D eigenvalue weighted by atomic mass is 10.1. The van der Waals surface area contributed by atoms with Crippen molar-refractivity contribution in [1.82, 2.24) is 0 Å². The standard InChI is InChI=1S/C21H12F8N2O/c1-31(18-8-10(22)2-4-13(18)21(27,28)29)17-5-3-12(9-14(17)24)30-20(32)19-15(25)6-11(23)7-16(19)26/h2-9H,1H3,(H,30,32). The number of amides is 1. The van der Waals surface area contributed by atoms with Gasteiger partial charge in [-0.05, 0) is 36.4 Å². The number of anilines is 3. The van der Waals surface area contributed by atoms with Crippen molar-refractivity contribution >= 4 is 23.0 Å². The van der Waals surface area contributed by atoms with Crippen molar-refractivity contribution in [2.24, 2.45) is 0 Å². The second kappa shape index (κ2) is 8.48. The number of nitrogens with one attached hydrogen (secondary N) is 1. The van der Waals surface area contributed by atoms with Crippen LogP contribution < -0.4 is 10.2 Å². The molecule has 32 heavy (non-hydrogen) atoms. The van der Waals surface area contributed by atoms with Crippen LogP contribution in [0.3, 0.4) is 0 Å². The first-order valence-corrected chi connectivity index (χ1v) is 8.74. The summed E-state index contributed by atoms with van der Waals surface area (Å²) in [5.74, 6) is -7.66. The summed E-state index contributed by atoms with van der Waals surface area (Å²) in [5.41, 5.74) is -3.67. The third-order valence-electron chi connectivity index (χ3n) is 4.43. The van der Waals surface area contributed by atoms with Crippen molar-refractivity contribution in [2.75, 3.05) is 17.3 Å². The first-order valence-electron chi connectivity index (χ1n) is 8.74. The van der Waals surface area contributed by atoms with Gasteiger partial charge in [0.05, 0.1) is 16.9 Å². The average Bonchev–Trinajstić information content (AvgIpc) is 2.65. The molecule has 0 aliphatic rings. The molecule has 3 aromatic rings. The number of rotatable bonds is 4. The van der Waals surface area contributed by atoms with E-state index in [9.17, 15) is 39.9 Å². The Hall–Kier alpha value is -3.63. The highest BCUT2D eigenvalue weighted by atomic mass is 19.4. The lowest BCUT2D eigenvalue weighted by molar-refractivity contribution is -0.137. The molecular formula is C21H12F8N2O. The van der Waals surface area contributed by atoms with Crippen LogP contribution in [0, 0.1) is 29.1 Å². The predicted octanol–water partition coefficient (Wildman–Crippen LogP) is 6.42. The SMILES string of the molecule is CN(c1ccc(NC(=O)c2c(F)cc(F)cc2F)cc1F)c1cc(F)ccc1C(F)(F)F. The number of halogens is 8. The lowest BCUT2D eigenvalue weighted by Gasteiger charge is -2.24. The summed E-state index contributed by atoms with van der Waals surface area (Å²) in [5, 5.41) is 2.01. The molecular weight excluding hydrogens is 448 g/mol. The van der Waals surface area contributed by atoms with Crippen LogP contribution >= 0.6 is 0 Å². The van der Waals surface area contributed by atoms with Gasteiger partial charge in [0.1, 0.15) is 34.6 Å². The maximum absolute atomic E-state index is 14.6. The third-order valence-corrected chi connectivity index (χ3v) is 4.43. The fourth-order valence-electron chi connectivity index (χ4n) is 2.96. The van der Waals surface area contributed by atoms with Crippen molar-refractivity contribution in [2.45, 2.75) is 6.18 Å². The molecule has 0 fully saturated rings. The predicted molar refractivity (Wildman–Crippen MR) is 100 cm³/mol. The number of alkyl halides is 3. The average molecular weight is 460 g/mol. The number of nitrogens with zero attached hydrogens (tertiary/aromatic N) is 1. The minimum atomic E-state index is -4.84. The molecule has 11 heteroatoms. The molecule has 0 saturated carbocycles. The highest BCUT2D eigenvalue weighted by Gasteiger charge is 2.35. The van der Waals surface area contributed by atoms with Gasteiger partial charge in [0.15, 0.2) is 0 Å². The molecule has 0 heterocycles. The van der Waals surface area contributed by atoms with Gasteiger partial charge in [-0.3, -0.25) is 4.79 Å². The summed E-state index contributed by atoms with van der Waals surface area (Å²) < 4.78 is 108. The van der Waals surface area contributed by atoms with Gasteiger partial charge < -0.3 is 10.2 Å². The molecule has 0 spiro atoms. The summed E-state index contributed by atoms with van der Waals surface area (Å²) in [6.07, 6.45) is -4.84. The van der Waals surface area contributed by atoms with Crippen LogP contribution in [0.15, 0.2) is 48.5 Å². The molecule has 0 bridgehead atoms. The van der Waals surface area contributed by atoms with Gasteiger partial charge in [-0.2, -0.15) is 13.2 Å². The molecule has 0 atom stereocenters. The Labute approximate surface area is 175 Å². The molecule has 0 aliphatic heterocycles. The maximum atomic E-state index is 14.6. The summed E-state index contributed by atoms with van der Waals surface area (Å²) in [7, 11) is 1.07. The van der Waals surface area contributed by atoms with E-state index >= 15 is 0 Å². The second-order valence-corrected chi connectivity index (χ2v) is 6.58. The number of benzene rings is 3. The summed E-state index contributed by atoms with van der Waals surface area (Å²) in [4.78, 5) is 12.9. The van der Waals surface area contributed by atoms with Crippen LogP contribution in [-0.4, -0.2) is 13.0 Å². The van der Waals surface area contributed by atoms with E-state index in [0.29, 0.717) is 24.3 Å². The summed E-state index contributed by atoms with van der Waals surface area (Å²) in [6, 6.07) is 5.00. The van der Waals surface area contributed by atoms with E-state index in [4.69, 9.17) is 0 Å². The summed E-state index contributed by atoms with van der Waals surface area (Å²) in [6.45, 7) is 0. The Morgan fingerprint density at radius 3 is 1.97 bits per heavy atom. The van der Waals surface area contributed by atoms with Gasteiger partial charge >= 0.3 is 6.18 Å². The van der Waals surface area contributed by atoms with E-state index in [1.54, 1.807) is 0 Å². The van der Waals surface area contributed by atoms with E-state index in [1.165, 1.54) is 0 Å². The third kappa shape index (κ3) is 4.66. The molecule has 0 aliphatic carbocycles. The Bertz CT molecular complexity index is 1170. The van der Waals surface area contributed by atoms with Crippen LogP contribution in [0.25, 0.3) is 0 Å². The second-order valence-electron chi connectivity index (χ2n) is 6.58. The van der Waals surface area contributed by atoms with Gasteiger partial charge in [-0.25, -0.2) is 22.0 Å². The normalized spacial score (nSPS) is 11.4. The Kier molecular flexibility index (Phi) is 6.11. The minimum Gasteiger partial charge on any atom is -0.342 e. The molecule has 1 amide bonds. The van der Waals surface area contributed by atoms with Crippen molar-refractivity contribution in [3.8, 4) is 0 Å². The number of carbonyl (C=O) groups excluding carboxylic acids is 1. The number of hydrogen-bond acceptors (Lipinski definition) is 2.